The van der Waals surface area contributed by atoms with Gasteiger partial charge < -0.3 is 9.80 Å². The number of amides is 4. The van der Waals surface area contributed by atoms with Gasteiger partial charge in [-0.15, -0.1) is 0 Å². The molecule has 0 saturated carbocycles. The number of nitrogens with one attached hydrogen (secondary N) is 1. The zero-order chi connectivity index (χ0) is 47.3. The summed E-state index contributed by atoms with van der Waals surface area (Å²) < 4.78 is 4.78. The normalized spacial score (nSPS) is 18.5. The molecule has 69 heavy (non-hydrogen) atoms. The average molecular weight is 926 g/mol. The first kappa shape index (κ1) is 43.9. The standard InChI is InChI=1S/C52H55N13O4/c1-4-39-41(18-22-54-49(39)64-30-29-63(52(64)69)38-7-6-21-53-32-38)40-15-14-37(65-33-55-59(3)51(65)68)31-44(40)34-10-12-35(13-11-34)60-23-19-36(20-24-60)61-25-27-62(28-26-61)45-9-5-8-42-47(57-58(2)48(42)45)43-16-17-46(66)56-50(43)67/h5-15,18,21-22,31-33,36,43H,4,16-17,19-20,23-30H2,1-3H3,(H,56,66,67). The predicted octanol–water partition coefficient (Wildman–Crippen LogP) is 5.90. The number of pyridine rings is 2. The van der Waals surface area contributed by atoms with Gasteiger partial charge in [-0.2, -0.15) is 10.2 Å². The Morgan fingerprint density at radius 2 is 1.48 bits per heavy atom. The monoisotopic (exact) mass is 925 g/mol. The van der Waals surface area contributed by atoms with Crippen LogP contribution in [0.5, 0.6) is 0 Å². The first-order valence-corrected chi connectivity index (χ1v) is 24.0. The van der Waals surface area contributed by atoms with Crippen LogP contribution in [0.3, 0.4) is 0 Å². The smallest absolute Gasteiger partial charge is 0.350 e. The van der Waals surface area contributed by atoms with E-state index in [-0.39, 0.29) is 23.5 Å². The molecule has 0 spiro atoms. The molecule has 4 aliphatic heterocycles. The molecule has 17 nitrogen and oxygen atoms in total. The van der Waals surface area contributed by atoms with Crippen LogP contribution in [0.2, 0.25) is 0 Å². The van der Waals surface area contributed by atoms with Gasteiger partial charge in [0.2, 0.25) is 11.8 Å². The summed E-state index contributed by atoms with van der Waals surface area (Å²) in [6.07, 6.45) is 10.3. The highest BCUT2D eigenvalue weighted by Crippen LogP contribution is 2.40. The van der Waals surface area contributed by atoms with Gasteiger partial charge >= 0.3 is 11.7 Å². The number of anilines is 4. The number of para-hydroxylation sites is 1. The van der Waals surface area contributed by atoms with Gasteiger partial charge in [-0.3, -0.25) is 39.3 Å². The fraction of sp³-hybridized carbons (Fsp3) is 0.346. The summed E-state index contributed by atoms with van der Waals surface area (Å²) in [4.78, 5) is 71.8. The number of aromatic nitrogens is 7. The van der Waals surface area contributed by atoms with Gasteiger partial charge in [0, 0.05) is 108 Å². The Hall–Kier alpha value is -7.66. The minimum Gasteiger partial charge on any atom is -0.371 e. The van der Waals surface area contributed by atoms with E-state index in [1.54, 1.807) is 46.3 Å². The van der Waals surface area contributed by atoms with Gasteiger partial charge in [-0.1, -0.05) is 37.3 Å². The molecule has 8 heterocycles. The van der Waals surface area contributed by atoms with Crippen molar-refractivity contribution >= 4 is 51.6 Å². The highest BCUT2D eigenvalue weighted by molar-refractivity contribution is 6.07. The highest BCUT2D eigenvalue weighted by atomic mass is 16.2. The molecule has 1 N–H and O–H groups in total. The van der Waals surface area contributed by atoms with Gasteiger partial charge in [0.1, 0.15) is 12.1 Å². The van der Waals surface area contributed by atoms with Gasteiger partial charge in [0.25, 0.3) is 0 Å². The molecule has 3 aromatic carbocycles. The van der Waals surface area contributed by atoms with Crippen molar-refractivity contribution in [2.45, 2.75) is 51.0 Å². The number of carbonyl (C=O) groups is 3. The summed E-state index contributed by atoms with van der Waals surface area (Å²) in [5.41, 5.74) is 10.2. The lowest BCUT2D eigenvalue weighted by atomic mass is 9.90. The molecule has 4 amide bonds. The first-order chi connectivity index (χ1) is 33.6. The van der Waals surface area contributed by atoms with Crippen molar-refractivity contribution in [3.63, 3.8) is 0 Å². The molecule has 0 bridgehead atoms. The first-order valence-electron chi connectivity index (χ1n) is 24.0. The third-order valence-electron chi connectivity index (χ3n) is 14.6. The van der Waals surface area contributed by atoms with Gasteiger partial charge in [-0.25, -0.2) is 23.8 Å². The van der Waals surface area contributed by atoms with Crippen LogP contribution in [0.4, 0.5) is 27.7 Å². The molecule has 1 atom stereocenters. The number of hydrogen-bond donors (Lipinski definition) is 1. The fourth-order valence-electron chi connectivity index (χ4n) is 11.0. The lowest BCUT2D eigenvalue weighted by Crippen LogP contribution is -2.53. The summed E-state index contributed by atoms with van der Waals surface area (Å²) in [5.74, 6) is -0.265. The molecule has 4 aromatic heterocycles. The Kier molecular flexibility index (Phi) is 11.5. The van der Waals surface area contributed by atoms with E-state index < -0.39 is 5.92 Å². The van der Waals surface area contributed by atoms with E-state index in [0.29, 0.717) is 49.9 Å². The number of fused-ring (bicyclic) bond motifs is 1. The van der Waals surface area contributed by atoms with Gasteiger partial charge in [-0.05, 0) is 96.5 Å². The van der Waals surface area contributed by atoms with Crippen molar-refractivity contribution in [2.24, 2.45) is 14.1 Å². The Bertz CT molecular complexity index is 3150. The third-order valence-corrected chi connectivity index (χ3v) is 14.6. The maximum absolute atomic E-state index is 13.9. The van der Waals surface area contributed by atoms with Crippen LogP contribution in [-0.4, -0.2) is 115 Å². The zero-order valence-corrected chi connectivity index (χ0v) is 39.2. The molecule has 1 unspecified atom stereocenters. The molecular formula is C52H55N13O4. The van der Waals surface area contributed by atoms with Crippen molar-refractivity contribution in [3.8, 4) is 27.9 Å². The van der Waals surface area contributed by atoms with Crippen molar-refractivity contribution in [1.29, 1.82) is 0 Å². The Balaban J connectivity index is 0.796. The van der Waals surface area contributed by atoms with E-state index in [9.17, 15) is 19.2 Å². The van der Waals surface area contributed by atoms with E-state index in [2.05, 4.69) is 85.6 Å². The molecule has 0 aliphatic carbocycles. The molecule has 4 saturated heterocycles. The Morgan fingerprint density at radius 1 is 0.696 bits per heavy atom. The van der Waals surface area contributed by atoms with Crippen molar-refractivity contribution < 1.29 is 14.4 Å². The number of nitrogens with zero attached hydrogens (tertiary/aromatic N) is 12. The molecule has 352 valence electrons. The Labute approximate surface area is 399 Å². The minimum absolute atomic E-state index is 0.129. The van der Waals surface area contributed by atoms with Gasteiger partial charge in [0.05, 0.1) is 40.4 Å². The number of hydrogen-bond acceptors (Lipinski definition) is 11. The second kappa shape index (κ2) is 18.1. The number of carbonyl (C=O) groups excluding carboxylic acids is 3. The van der Waals surface area contributed by atoms with Crippen LogP contribution < -0.4 is 30.6 Å². The highest BCUT2D eigenvalue weighted by Gasteiger charge is 2.35. The molecule has 17 heteroatoms. The minimum atomic E-state index is -0.430. The van der Waals surface area contributed by atoms with Crippen molar-refractivity contribution in [2.75, 3.05) is 72.0 Å². The predicted molar refractivity (Wildman–Crippen MR) is 266 cm³/mol. The second-order valence-electron chi connectivity index (χ2n) is 18.4. The van der Waals surface area contributed by atoms with E-state index in [0.717, 1.165) is 108 Å². The summed E-state index contributed by atoms with van der Waals surface area (Å²) in [6, 6.07) is 27.2. The van der Waals surface area contributed by atoms with E-state index in [1.807, 2.05) is 42.1 Å². The number of piperidine rings is 2. The van der Waals surface area contributed by atoms with Crippen LogP contribution in [-0.2, 0) is 30.1 Å². The van der Waals surface area contributed by atoms with E-state index in [4.69, 9.17) is 10.1 Å². The molecule has 4 fully saturated rings. The van der Waals surface area contributed by atoms with Crippen LogP contribution in [0, 0.1) is 0 Å². The molecular weight excluding hydrogens is 871 g/mol. The summed E-state index contributed by atoms with van der Waals surface area (Å²) in [6.45, 7) is 8.79. The molecule has 7 aromatic rings. The summed E-state index contributed by atoms with van der Waals surface area (Å²) in [5, 5.41) is 12.5. The topological polar surface area (TPSA) is 163 Å². The number of rotatable bonds is 10. The quantitative estimate of drug-likeness (QED) is 0.163. The number of benzene rings is 3. The van der Waals surface area contributed by atoms with E-state index >= 15 is 0 Å². The van der Waals surface area contributed by atoms with Crippen LogP contribution in [0.25, 0.3) is 38.8 Å². The van der Waals surface area contributed by atoms with Crippen molar-refractivity contribution in [3.05, 3.63) is 126 Å². The SMILES string of the molecule is CCc1c(-c2ccc(-n3cnn(C)c3=O)cc2-c2ccc(N3CCC(N4CCN(c5cccc6c(C7CCC(=O)NC7=O)nn(C)c56)CC4)CC3)cc2)ccnc1N1CCN(c2cccnc2)C1=O. The maximum atomic E-state index is 13.9. The number of aryl methyl sites for hydroxylation is 2. The molecule has 11 rings (SSSR count). The molecule has 0 radical (unpaired) electrons. The van der Waals surface area contributed by atoms with Crippen molar-refractivity contribution in [1.82, 2.24) is 44.3 Å². The van der Waals surface area contributed by atoms with Gasteiger partial charge in [0.15, 0.2) is 0 Å². The molecule has 4 aliphatic rings. The average Bonchev–Trinajstić information content (AvgIpc) is 4.06. The lowest BCUT2D eigenvalue weighted by molar-refractivity contribution is -0.134. The largest absolute Gasteiger partial charge is 0.371 e. The number of imide groups is 1. The Morgan fingerprint density at radius 3 is 2.20 bits per heavy atom. The van der Waals surface area contributed by atoms with Crippen LogP contribution >= 0.6 is 0 Å². The van der Waals surface area contributed by atoms with Crippen LogP contribution in [0.15, 0.2) is 109 Å². The summed E-state index contributed by atoms with van der Waals surface area (Å²) in [7, 11) is 3.59. The third kappa shape index (κ3) is 7.99. The second-order valence-corrected chi connectivity index (χ2v) is 18.4. The number of piperazine rings is 1. The maximum Gasteiger partial charge on any atom is 0.350 e. The zero-order valence-electron chi connectivity index (χ0n) is 39.2. The van der Waals surface area contributed by atoms with E-state index in [1.165, 1.54) is 10.4 Å². The van der Waals surface area contributed by atoms with Crippen LogP contribution in [0.1, 0.15) is 49.8 Å². The fourth-order valence-corrected chi connectivity index (χ4v) is 11.0. The summed E-state index contributed by atoms with van der Waals surface area (Å²) >= 11 is 0. The lowest BCUT2D eigenvalue weighted by Gasteiger charge is -2.44. The number of urea groups is 1.